The van der Waals surface area contributed by atoms with E-state index in [4.69, 9.17) is 10.8 Å². The van der Waals surface area contributed by atoms with E-state index in [-0.39, 0.29) is 12.5 Å². The molecule has 4 heteroatoms. The van der Waals surface area contributed by atoms with Gasteiger partial charge in [-0.2, -0.15) is 0 Å². The molecule has 0 bridgehead atoms. The van der Waals surface area contributed by atoms with Gasteiger partial charge in [-0.05, 0) is 22.9 Å². The second-order valence-electron chi connectivity index (χ2n) is 3.84. The molecule has 0 radical (unpaired) electrons. The molecule has 4 nitrogen and oxygen atoms in total. The van der Waals surface area contributed by atoms with Crippen LogP contribution in [-0.2, 0) is 4.79 Å². The molecular formula is C13H14N2O2. The van der Waals surface area contributed by atoms with Crippen LogP contribution in [0.2, 0.25) is 0 Å². The van der Waals surface area contributed by atoms with E-state index in [1.165, 1.54) is 0 Å². The van der Waals surface area contributed by atoms with Crippen molar-refractivity contribution in [1.82, 2.24) is 0 Å². The minimum atomic E-state index is -0.888. The smallest absolute Gasteiger partial charge is 0.243 e. The third-order valence-electron chi connectivity index (χ3n) is 2.55. The average Bonchev–Trinajstić information content (AvgIpc) is 2.37. The Labute approximate surface area is 99.1 Å². The molecule has 0 aliphatic carbocycles. The summed E-state index contributed by atoms with van der Waals surface area (Å²) in [5.41, 5.74) is 6.09. The van der Waals surface area contributed by atoms with Crippen LogP contribution in [0, 0.1) is 0 Å². The van der Waals surface area contributed by atoms with Crippen molar-refractivity contribution in [3.05, 3.63) is 42.5 Å². The monoisotopic (exact) mass is 230 g/mol. The van der Waals surface area contributed by atoms with Crippen molar-refractivity contribution in [2.75, 3.05) is 11.9 Å². The molecule has 0 fully saturated rings. The van der Waals surface area contributed by atoms with Gasteiger partial charge >= 0.3 is 0 Å². The fraction of sp³-hybridized carbons (Fsp3) is 0.154. The number of nitrogens with two attached hydrogens (primary N) is 1. The topological polar surface area (TPSA) is 75.3 Å². The number of hydrogen-bond donors (Lipinski definition) is 3. The highest BCUT2D eigenvalue weighted by atomic mass is 16.3. The standard InChI is InChI=1S/C13H14N2O2/c14-12(8-16)13(17)15-11-6-5-9-3-1-2-4-10(9)7-11/h1-7,12,16H,8,14H2,(H,15,17)/t12-/m0/s1. The number of aliphatic hydroxyl groups excluding tert-OH is 1. The maximum atomic E-state index is 11.5. The Morgan fingerprint density at radius 2 is 1.94 bits per heavy atom. The van der Waals surface area contributed by atoms with Crippen LogP contribution in [0.1, 0.15) is 0 Å². The average molecular weight is 230 g/mol. The highest BCUT2D eigenvalue weighted by molar-refractivity contribution is 5.97. The maximum absolute atomic E-state index is 11.5. The second-order valence-corrected chi connectivity index (χ2v) is 3.84. The Morgan fingerprint density at radius 1 is 1.24 bits per heavy atom. The van der Waals surface area contributed by atoms with E-state index in [9.17, 15) is 4.79 Å². The van der Waals surface area contributed by atoms with Crippen molar-refractivity contribution < 1.29 is 9.90 Å². The fourth-order valence-electron chi connectivity index (χ4n) is 1.58. The molecule has 0 aromatic heterocycles. The SMILES string of the molecule is N[C@@H](CO)C(=O)Nc1ccc2ccccc2c1. The molecule has 1 atom stereocenters. The quantitative estimate of drug-likeness (QED) is 0.739. The van der Waals surface area contributed by atoms with Crippen molar-refractivity contribution in [2.45, 2.75) is 6.04 Å². The number of benzene rings is 2. The fourth-order valence-corrected chi connectivity index (χ4v) is 1.58. The molecule has 0 spiro atoms. The Morgan fingerprint density at radius 3 is 2.65 bits per heavy atom. The summed E-state index contributed by atoms with van der Waals surface area (Å²) in [5, 5.41) is 13.6. The van der Waals surface area contributed by atoms with Gasteiger partial charge < -0.3 is 16.2 Å². The third kappa shape index (κ3) is 2.61. The summed E-state index contributed by atoms with van der Waals surface area (Å²) in [7, 11) is 0. The molecule has 0 aliphatic heterocycles. The van der Waals surface area contributed by atoms with Crippen molar-refractivity contribution >= 4 is 22.4 Å². The van der Waals surface area contributed by atoms with Gasteiger partial charge in [0.2, 0.25) is 5.91 Å². The van der Waals surface area contributed by atoms with Crippen LogP contribution in [0.4, 0.5) is 5.69 Å². The van der Waals surface area contributed by atoms with Gasteiger partial charge in [-0.15, -0.1) is 0 Å². The normalized spacial score (nSPS) is 12.4. The lowest BCUT2D eigenvalue weighted by Crippen LogP contribution is -2.38. The lowest BCUT2D eigenvalue weighted by atomic mass is 10.1. The first kappa shape index (κ1) is 11.6. The van der Waals surface area contributed by atoms with Crippen molar-refractivity contribution in [1.29, 1.82) is 0 Å². The first-order chi connectivity index (χ1) is 8.20. The molecule has 2 rings (SSSR count). The first-order valence-corrected chi connectivity index (χ1v) is 5.37. The van der Waals surface area contributed by atoms with E-state index in [1.807, 2.05) is 42.5 Å². The third-order valence-corrected chi connectivity index (χ3v) is 2.55. The predicted molar refractivity (Wildman–Crippen MR) is 67.6 cm³/mol. The summed E-state index contributed by atoms with van der Waals surface area (Å²) in [5.74, 6) is -0.386. The predicted octanol–water partition coefficient (Wildman–Crippen LogP) is 1.10. The number of amides is 1. The summed E-state index contributed by atoms with van der Waals surface area (Å²) in [6.45, 7) is -0.362. The van der Waals surface area contributed by atoms with Gasteiger partial charge in [-0.1, -0.05) is 30.3 Å². The number of carbonyl (C=O) groups excluding carboxylic acids is 1. The van der Waals surface area contributed by atoms with E-state index in [0.29, 0.717) is 5.69 Å². The zero-order chi connectivity index (χ0) is 12.3. The van der Waals surface area contributed by atoms with E-state index in [0.717, 1.165) is 10.8 Å². The van der Waals surface area contributed by atoms with Gasteiger partial charge in [0, 0.05) is 5.69 Å². The summed E-state index contributed by atoms with van der Waals surface area (Å²) in [4.78, 5) is 11.5. The maximum Gasteiger partial charge on any atom is 0.243 e. The first-order valence-electron chi connectivity index (χ1n) is 5.37. The Hall–Kier alpha value is -1.91. The van der Waals surface area contributed by atoms with Gasteiger partial charge in [0.15, 0.2) is 0 Å². The number of aliphatic hydroxyl groups is 1. The van der Waals surface area contributed by atoms with E-state index >= 15 is 0 Å². The minimum Gasteiger partial charge on any atom is -0.394 e. The summed E-state index contributed by atoms with van der Waals surface area (Å²) >= 11 is 0. The van der Waals surface area contributed by atoms with Crippen molar-refractivity contribution in [2.24, 2.45) is 5.73 Å². The van der Waals surface area contributed by atoms with Crippen LogP contribution in [-0.4, -0.2) is 23.7 Å². The van der Waals surface area contributed by atoms with Crippen LogP contribution in [0.5, 0.6) is 0 Å². The summed E-state index contributed by atoms with van der Waals surface area (Å²) in [6.07, 6.45) is 0. The molecule has 17 heavy (non-hydrogen) atoms. The van der Waals surface area contributed by atoms with E-state index < -0.39 is 6.04 Å². The van der Waals surface area contributed by atoms with Gasteiger partial charge in [-0.3, -0.25) is 4.79 Å². The van der Waals surface area contributed by atoms with Crippen LogP contribution < -0.4 is 11.1 Å². The molecule has 0 saturated carbocycles. The van der Waals surface area contributed by atoms with Crippen molar-refractivity contribution in [3.8, 4) is 0 Å². The van der Waals surface area contributed by atoms with Crippen LogP contribution in [0.3, 0.4) is 0 Å². The van der Waals surface area contributed by atoms with E-state index in [2.05, 4.69) is 5.32 Å². The highest BCUT2D eigenvalue weighted by Crippen LogP contribution is 2.18. The molecular weight excluding hydrogens is 216 g/mol. The summed E-state index contributed by atoms with van der Waals surface area (Å²) < 4.78 is 0. The number of fused-ring (bicyclic) bond motifs is 1. The zero-order valence-corrected chi connectivity index (χ0v) is 9.26. The Kier molecular flexibility index (Phi) is 3.37. The summed E-state index contributed by atoms with van der Waals surface area (Å²) in [6, 6.07) is 12.6. The molecule has 1 amide bonds. The molecule has 0 heterocycles. The molecule has 88 valence electrons. The van der Waals surface area contributed by atoms with Gasteiger partial charge in [0.1, 0.15) is 6.04 Å². The van der Waals surface area contributed by atoms with E-state index in [1.54, 1.807) is 0 Å². The van der Waals surface area contributed by atoms with Gasteiger partial charge in [-0.25, -0.2) is 0 Å². The number of rotatable bonds is 3. The number of carbonyl (C=O) groups is 1. The molecule has 0 unspecified atom stereocenters. The molecule has 2 aromatic rings. The minimum absolute atomic E-state index is 0.362. The molecule has 0 saturated heterocycles. The van der Waals surface area contributed by atoms with Crippen LogP contribution in [0.25, 0.3) is 10.8 Å². The van der Waals surface area contributed by atoms with Crippen LogP contribution >= 0.6 is 0 Å². The lowest BCUT2D eigenvalue weighted by Gasteiger charge is -2.10. The highest BCUT2D eigenvalue weighted by Gasteiger charge is 2.11. The number of hydrogen-bond acceptors (Lipinski definition) is 3. The van der Waals surface area contributed by atoms with Gasteiger partial charge in [0.05, 0.1) is 6.61 Å². The second kappa shape index (κ2) is 4.95. The molecule has 2 aromatic carbocycles. The van der Waals surface area contributed by atoms with Crippen LogP contribution in [0.15, 0.2) is 42.5 Å². The number of anilines is 1. The largest absolute Gasteiger partial charge is 0.394 e. The molecule has 0 aliphatic rings. The van der Waals surface area contributed by atoms with Gasteiger partial charge in [0.25, 0.3) is 0 Å². The Bertz CT molecular complexity index is 540. The lowest BCUT2D eigenvalue weighted by molar-refractivity contribution is -0.118. The zero-order valence-electron chi connectivity index (χ0n) is 9.26. The number of nitrogens with one attached hydrogen (secondary N) is 1. The Balaban J connectivity index is 2.22. The molecule has 4 N–H and O–H groups in total. The van der Waals surface area contributed by atoms with Crippen molar-refractivity contribution in [3.63, 3.8) is 0 Å².